The van der Waals surface area contributed by atoms with Crippen LogP contribution in [0.1, 0.15) is 40.0 Å². The van der Waals surface area contributed by atoms with Crippen LogP contribution in [-0.4, -0.2) is 4.57 Å². The van der Waals surface area contributed by atoms with Crippen LogP contribution in [0.15, 0.2) is 491 Å². The molecule has 22 aromatic carbocycles. The summed E-state index contributed by atoms with van der Waals surface area (Å²) in [6.45, 7) is 0. The van der Waals surface area contributed by atoms with Crippen LogP contribution in [0.5, 0.6) is 0 Å². The van der Waals surface area contributed by atoms with Crippen LogP contribution in [-0.2, 0) is 11.8 Å². The minimum atomic E-state index is -0.625. The van der Waals surface area contributed by atoms with Crippen LogP contribution in [0.3, 0.4) is 0 Å². The lowest BCUT2D eigenvalue weighted by Crippen LogP contribution is -2.28. The minimum absolute atomic E-state index is 0.625. The molecule has 29 rings (SSSR count). The second-order valence-corrected chi connectivity index (χ2v) is 37.4. The Hall–Kier alpha value is -18.3. The molecule has 0 radical (unpaired) electrons. The van der Waals surface area contributed by atoms with E-state index in [0.29, 0.717) is 0 Å². The van der Waals surface area contributed by atoms with Crippen LogP contribution < -0.4 is 9.80 Å². The first-order chi connectivity index (χ1) is 69.4. The lowest BCUT2D eigenvalue weighted by atomic mass is 9.68. The Bertz CT molecular complexity index is 9800. The molecule has 0 atom stereocenters. The Morgan fingerprint density at radius 1 is 0.243 bits per heavy atom. The van der Waals surface area contributed by atoms with Gasteiger partial charge in [-0.15, -0.1) is 0 Å². The summed E-state index contributed by atoms with van der Waals surface area (Å²) in [5.74, 6) is 1.07. The summed E-state index contributed by atoms with van der Waals surface area (Å²) < 4.78 is 29.9. The molecule has 0 spiro atoms. The first kappa shape index (κ1) is 79.1. The predicted molar refractivity (Wildman–Crippen MR) is 582 cm³/mol. The number of rotatable bonds is 15. The fourth-order valence-corrected chi connectivity index (χ4v) is 23.6. The van der Waals surface area contributed by atoms with Gasteiger partial charge >= 0.3 is 0 Å². The quantitative estimate of drug-likeness (QED) is 0.102. The molecule has 140 heavy (non-hydrogen) atoms. The van der Waals surface area contributed by atoms with Crippen molar-refractivity contribution in [1.82, 2.24) is 4.57 Å². The van der Waals surface area contributed by atoms with Crippen molar-refractivity contribution in [2.45, 2.75) is 18.3 Å². The highest BCUT2D eigenvalue weighted by Crippen LogP contribution is 2.61. The number of benzene rings is 22. The first-order valence-corrected chi connectivity index (χ1v) is 48.3. The van der Waals surface area contributed by atoms with Crippen molar-refractivity contribution in [2.24, 2.45) is 0 Å². The topological polar surface area (TPSA) is 64.0 Å². The van der Waals surface area contributed by atoms with Crippen molar-refractivity contribution in [1.29, 1.82) is 0 Å². The fraction of sp³-hybridized carbons (Fsp3) is 0.0226. The lowest BCUT2D eigenvalue weighted by molar-refractivity contribution is 0.546. The van der Waals surface area contributed by atoms with E-state index in [-0.39, 0.29) is 0 Å². The van der Waals surface area contributed by atoms with E-state index in [1.807, 2.05) is 0 Å². The highest BCUT2D eigenvalue weighted by molar-refractivity contribution is 6.24. The van der Waals surface area contributed by atoms with Gasteiger partial charge in [0.15, 0.2) is 0 Å². The number of aromatic nitrogens is 1. The van der Waals surface area contributed by atoms with E-state index in [1.54, 1.807) is 0 Å². The molecule has 0 amide bonds. The van der Waals surface area contributed by atoms with E-state index in [1.165, 1.54) is 38.9 Å². The molecule has 0 N–H and O–H groups in total. The van der Waals surface area contributed by atoms with Gasteiger partial charge in [0.05, 0.1) is 22.1 Å². The maximum Gasteiger partial charge on any atom is 0.143 e. The Morgan fingerprint density at radius 3 is 1.35 bits per heavy atom. The number of furan rings is 4. The molecule has 2 aliphatic carbocycles. The van der Waals surface area contributed by atoms with Crippen LogP contribution in [0.4, 0.5) is 34.1 Å². The van der Waals surface area contributed by atoms with E-state index < -0.39 is 5.41 Å². The number of aryl methyl sites for hydroxylation is 1. The molecule has 0 bridgehead atoms. The smallest absolute Gasteiger partial charge is 0.143 e. The van der Waals surface area contributed by atoms with E-state index >= 15 is 0 Å². The molecular formula is C133H83N3O4. The number of hydrogen-bond acceptors (Lipinski definition) is 6. The van der Waals surface area contributed by atoms with Gasteiger partial charge in [-0.25, -0.2) is 0 Å². The number of allylic oxidation sites excluding steroid dienone is 1. The molecule has 0 aliphatic heterocycles. The van der Waals surface area contributed by atoms with E-state index in [0.717, 1.165) is 256 Å². The summed E-state index contributed by atoms with van der Waals surface area (Å²) in [5, 5.41) is 16.7. The highest BCUT2D eigenvalue weighted by Gasteiger charge is 2.48. The summed E-state index contributed by atoms with van der Waals surface area (Å²) in [7, 11) is 0. The number of nitrogens with zero attached hydrogens (tertiary/aromatic N) is 3. The molecule has 5 aromatic heterocycles. The summed E-state index contributed by atoms with van der Waals surface area (Å²) in [6.07, 6.45) is 6.40. The summed E-state index contributed by atoms with van der Waals surface area (Å²) in [6, 6.07) is 172. The van der Waals surface area contributed by atoms with Gasteiger partial charge in [-0.1, -0.05) is 334 Å². The average molecular weight is 1790 g/mol. The van der Waals surface area contributed by atoms with Crippen molar-refractivity contribution in [3.63, 3.8) is 0 Å². The molecule has 0 saturated carbocycles. The third kappa shape index (κ3) is 12.2. The molecule has 5 heterocycles. The fourth-order valence-electron chi connectivity index (χ4n) is 23.6. The molecule has 0 unspecified atom stereocenters. The van der Waals surface area contributed by atoms with E-state index in [2.05, 4.69) is 494 Å². The third-order valence-electron chi connectivity index (χ3n) is 29.9. The molecule has 7 heteroatoms. The molecule has 2 aliphatic rings. The molecule has 654 valence electrons. The van der Waals surface area contributed by atoms with Crippen molar-refractivity contribution < 1.29 is 17.7 Å². The average Bonchev–Trinajstić information content (AvgIpc) is 1.53. The minimum Gasteiger partial charge on any atom is -0.460 e. The van der Waals surface area contributed by atoms with E-state index in [9.17, 15) is 0 Å². The number of para-hydroxylation sites is 1. The molecule has 0 fully saturated rings. The summed E-state index contributed by atoms with van der Waals surface area (Å²) in [4.78, 5) is 4.88. The Morgan fingerprint density at radius 2 is 0.707 bits per heavy atom. The normalized spacial score (nSPS) is 12.8. The number of anilines is 6. The van der Waals surface area contributed by atoms with Crippen LogP contribution in [0.25, 0.3) is 221 Å². The maximum atomic E-state index is 7.52. The Kier molecular flexibility index (Phi) is 17.7. The second-order valence-electron chi connectivity index (χ2n) is 37.4. The SMILES string of the molecule is C1=Cc2c(oc3ccc(-c4ccc(N(c5ccc(-c6cccc(-n7c8ccccc8c8cc(-c9ccc(-c%10ccc(N(c%11cccc(-c%12cccc%13oc%14c%15ccccc%15ccc%14c%12%13)c%11)c%11cccc%12c%11-c%11ccccc%11C%12(c%11ccccc%11)c%11ccccc%11)cc%10)c%10c9oc9c%11ccccc%11ccc9%10)ccc87)c6)cc5)c5cccc(-c6cccc7oc8c9ccccc9ccc8c67)c5)cc4)cc23)CC1. The standard InChI is InChI=1S/C133H83N3O4/c1-3-31-93(32-4-1)133(94-33-5-2-6-34-94)116-46-16-13-43-110(116)128-117(133)47-24-49-120(128)135(99-36-21-30-91(79-99)102-45-23-52-124-126(102)112-71-60-85-26-8-11-39-105(85)130(112)139-124)97-68-57-87(58-69-97)103-73-74-107(132-127(103)113-72-61-86-27-9-12-40-106(86)131(113)140-132)92-62-75-119-114(81-92)108-41-14-17-48-118(108)136(119)100-37-19-28-88(77-100)82-53-64-95(65-54-82)134(96-66-55-83(56-67-96)89-63-76-122-115(80-89)109-42-15-18-50-121(109)137-122)98-35-20-29-90(78-98)101-44-22-51-123-125(101)111-70-59-84-25-7-10-38-104(84)129(111)138-123/h1-17,19-49,51-81H,18,50H2. The highest BCUT2D eigenvalue weighted by atomic mass is 16.3. The number of hydrogen-bond donors (Lipinski definition) is 0. The van der Waals surface area contributed by atoms with Crippen molar-refractivity contribution in [3.05, 3.63) is 507 Å². The summed E-state index contributed by atoms with van der Waals surface area (Å²) in [5.41, 5.74) is 36.6. The van der Waals surface area contributed by atoms with Crippen molar-refractivity contribution in [3.8, 4) is 83.6 Å². The second kappa shape index (κ2) is 31.4. The zero-order valence-electron chi connectivity index (χ0n) is 76.0. The predicted octanol–water partition coefficient (Wildman–Crippen LogP) is 37.0. The molecule has 27 aromatic rings. The summed E-state index contributed by atoms with van der Waals surface area (Å²) >= 11 is 0. The van der Waals surface area contributed by atoms with Gasteiger partial charge in [0, 0.05) is 122 Å². The lowest BCUT2D eigenvalue weighted by Gasteiger charge is -2.34. The van der Waals surface area contributed by atoms with Crippen LogP contribution in [0, 0.1) is 0 Å². The zero-order valence-corrected chi connectivity index (χ0v) is 76.0. The Labute approximate surface area is 806 Å². The largest absolute Gasteiger partial charge is 0.460 e. The van der Waals surface area contributed by atoms with Crippen molar-refractivity contribution in [2.75, 3.05) is 9.80 Å². The third-order valence-corrected chi connectivity index (χ3v) is 29.9. The van der Waals surface area contributed by atoms with E-state index in [4.69, 9.17) is 17.7 Å². The van der Waals surface area contributed by atoms with Gasteiger partial charge in [0.2, 0.25) is 0 Å². The van der Waals surface area contributed by atoms with Crippen molar-refractivity contribution >= 4 is 171 Å². The van der Waals surface area contributed by atoms with Crippen LogP contribution in [0.2, 0.25) is 0 Å². The van der Waals surface area contributed by atoms with Gasteiger partial charge in [-0.2, -0.15) is 0 Å². The Balaban J connectivity index is 0.536. The maximum absolute atomic E-state index is 7.52. The number of fused-ring (bicyclic) bond motifs is 24. The van der Waals surface area contributed by atoms with Gasteiger partial charge in [-0.3, -0.25) is 0 Å². The van der Waals surface area contributed by atoms with Gasteiger partial charge < -0.3 is 32.0 Å². The molecule has 7 nitrogen and oxygen atoms in total. The molecule has 0 saturated heterocycles. The first-order valence-electron chi connectivity index (χ1n) is 48.3. The van der Waals surface area contributed by atoms with Gasteiger partial charge in [0.1, 0.15) is 44.8 Å². The zero-order chi connectivity index (χ0) is 91.8. The van der Waals surface area contributed by atoms with Gasteiger partial charge in [-0.05, 0) is 257 Å². The molecular weight excluding hydrogens is 1700 g/mol. The van der Waals surface area contributed by atoms with Gasteiger partial charge in [0.25, 0.3) is 0 Å². The monoisotopic (exact) mass is 1790 g/mol. The van der Waals surface area contributed by atoms with Crippen LogP contribution >= 0.6 is 0 Å².